The first kappa shape index (κ1) is 15.1. The van der Waals surface area contributed by atoms with Crippen molar-refractivity contribution in [3.05, 3.63) is 75.0 Å². The summed E-state index contributed by atoms with van der Waals surface area (Å²) >= 11 is 3.05. The van der Waals surface area contributed by atoms with Gasteiger partial charge in [-0.2, -0.15) is 9.50 Å². The van der Waals surface area contributed by atoms with Crippen molar-refractivity contribution in [3.8, 4) is 11.4 Å². The highest BCUT2D eigenvalue weighted by molar-refractivity contribution is 7.98. The molecule has 0 saturated carbocycles. The van der Waals surface area contributed by atoms with Gasteiger partial charge in [0, 0.05) is 10.5 Å². The van der Waals surface area contributed by atoms with Gasteiger partial charge in [-0.25, -0.2) is 0 Å². The number of benzene rings is 2. The van der Waals surface area contributed by atoms with Crippen molar-refractivity contribution < 1.29 is 0 Å². The number of aromatic nitrogens is 3. The summed E-state index contributed by atoms with van der Waals surface area (Å²) < 4.78 is 2.02. The van der Waals surface area contributed by atoms with Crippen LogP contribution in [-0.2, 0) is 0 Å². The summed E-state index contributed by atoms with van der Waals surface area (Å²) in [5.74, 6) is 0.579. The van der Waals surface area contributed by atoms with E-state index in [0.29, 0.717) is 15.3 Å². The van der Waals surface area contributed by atoms with Crippen LogP contribution >= 0.6 is 23.1 Å². The Labute approximate surface area is 146 Å². The Morgan fingerprint density at radius 3 is 2.50 bits per heavy atom. The van der Waals surface area contributed by atoms with Crippen LogP contribution in [0.4, 0.5) is 0 Å². The molecule has 4 nitrogen and oxygen atoms in total. The second kappa shape index (κ2) is 6.22. The minimum Gasteiger partial charge on any atom is -0.266 e. The van der Waals surface area contributed by atoms with Crippen molar-refractivity contribution in [1.29, 1.82) is 0 Å². The summed E-state index contributed by atoms with van der Waals surface area (Å²) in [7, 11) is 0. The maximum atomic E-state index is 12.5. The quantitative estimate of drug-likeness (QED) is 0.532. The average molecular weight is 351 g/mol. The van der Waals surface area contributed by atoms with Crippen LogP contribution in [0.5, 0.6) is 0 Å². The molecule has 0 aliphatic heterocycles. The largest absolute Gasteiger partial charge is 0.291 e. The number of fused-ring (bicyclic) bond motifs is 1. The van der Waals surface area contributed by atoms with Gasteiger partial charge in [0.2, 0.25) is 4.96 Å². The second-order valence-electron chi connectivity index (χ2n) is 5.18. The molecule has 118 valence electrons. The molecular formula is C18H13N3OS2. The van der Waals surface area contributed by atoms with Crippen LogP contribution < -0.4 is 10.1 Å². The van der Waals surface area contributed by atoms with E-state index in [4.69, 9.17) is 0 Å². The molecule has 0 N–H and O–H groups in total. The van der Waals surface area contributed by atoms with Crippen LogP contribution in [0.3, 0.4) is 0 Å². The number of thiazole rings is 1. The lowest BCUT2D eigenvalue weighted by Crippen LogP contribution is -2.23. The van der Waals surface area contributed by atoms with Gasteiger partial charge >= 0.3 is 0 Å². The van der Waals surface area contributed by atoms with E-state index in [1.54, 1.807) is 11.8 Å². The highest BCUT2D eigenvalue weighted by Gasteiger charge is 2.11. The minimum absolute atomic E-state index is 0.126. The first-order valence-electron chi connectivity index (χ1n) is 7.35. The van der Waals surface area contributed by atoms with Gasteiger partial charge in [0.25, 0.3) is 5.56 Å². The van der Waals surface area contributed by atoms with Gasteiger partial charge in [0.05, 0.1) is 4.53 Å². The molecule has 0 fully saturated rings. The van der Waals surface area contributed by atoms with E-state index < -0.39 is 0 Å². The molecule has 4 aromatic rings. The van der Waals surface area contributed by atoms with Crippen LogP contribution in [0.25, 0.3) is 22.4 Å². The summed E-state index contributed by atoms with van der Waals surface area (Å²) in [6, 6.07) is 17.8. The topological polar surface area (TPSA) is 47.3 Å². The molecule has 6 heteroatoms. The van der Waals surface area contributed by atoms with Crippen molar-refractivity contribution in [3.63, 3.8) is 0 Å². The molecule has 24 heavy (non-hydrogen) atoms. The SMILES string of the molecule is CSc1ccc(/C=c2\sc3nc(-c4ccccc4)nn3c2=O)cc1. The van der Waals surface area contributed by atoms with Gasteiger partial charge in [0.15, 0.2) is 5.82 Å². The predicted molar refractivity (Wildman–Crippen MR) is 99.6 cm³/mol. The number of nitrogens with zero attached hydrogens (tertiary/aromatic N) is 3. The zero-order valence-electron chi connectivity index (χ0n) is 12.8. The molecule has 4 rings (SSSR count). The minimum atomic E-state index is -0.126. The highest BCUT2D eigenvalue weighted by atomic mass is 32.2. The number of hydrogen-bond donors (Lipinski definition) is 0. The third-order valence-corrected chi connectivity index (χ3v) is 5.33. The Bertz CT molecular complexity index is 1100. The van der Waals surface area contributed by atoms with Crippen LogP contribution in [0.15, 0.2) is 64.3 Å². The third-order valence-electron chi connectivity index (χ3n) is 3.63. The van der Waals surface area contributed by atoms with E-state index in [1.807, 2.05) is 66.9 Å². The fraction of sp³-hybridized carbons (Fsp3) is 0.0556. The summed E-state index contributed by atoms with van der Waals surface area (Å²) in [5.41, 5.74) is 1.78. The first-order valence-corrected chi connectivity index (χ1v) is 9.39. The monoisotopic (exact) mass is 351 g/mol. The van der Waals surface area contributed by atoms with E-state index in [1.165, 1.54) is 20.7 Å². The molecule has 0 amide bonds. The summed E-state index contributed by atoms with van der Waals surface area (Å²) in [6.45, 7) is 0. The fourth-order valence-electron chi connectivity index (χ4n) is 2.39. The van der Waals surface area contributed by atoms with Crippen molar-refractivity contribution in [2.75, 3.05) is 6.26 Å². The zero-order valence-corrected chi connectivity index (χ0v) is 14.5. The Morgan fingerprint density at radius 1 is 1.08 bits per heavy atom. The first-order chi connectivity index (χ1) is 11.7. The van der Waals surface area contributed by atoms with Gasteiger partial charge in [-0.3, -0.25) is 4.79 Å². The van der Waals surface area contributed by atoms with E-state index in [0.717, 1.165) is 11.1 Å². The molecule has 2 heterocycles. The fourth-order valence-corrected chi connectivity index (χ4v) is 3.71. The normalized spacial score (nSPS) is 12.1. The van der Waals surface area contributed by atoms with Crippen LogP contribution in [0.2, 0.25) is 0 Å². The Kier molecular flexibility index (Phi) is 3.92. The summed E-state index contributed by atoms with van der Waals surface area (Å²) in [4.78, 5) is 18.8. The summed E-state index contributed by atoms with van der Waals surface area (Å²) in [5, 5.41) is 4.35. The molecule has 0 aliphatic carbocycles. The molecule has 2 aromatic carbocycles. The molecule has 0 radical (unpaired) electrons. The smallest absolute Gasteiger partial charge is 0.266 e. The number of rotatable bonds is 3. The van der Waals surface area contributed by atoms with E-state index in [9.17, 15) is 4.79 Å². The maximum absolute atomic E-state index is 12.5. The lowest BCUT2D eigenvalue weighted by molar-refractivity contribution is 0.937. The average Bonchev–Trinajstić information content (AvgIpc) is 3.17. The zero-order chi connectivity index (χ0) is 16.5. The molecule has 0 bridgehead atoms. The van der Waals surface area contributed by atoms with Crippen LogP contribution in [0.1, 0.15) is 5.56 Å². The maximum Gasteiger partial charge on any atom is 0.291 e. The molecule has 0 aliphatic rings. The van der Waals surface area contributed by atoms with E-state index in [-0.39, 0.29) is 5.56 Å². The van der Waals surface area contributed by atoms with Gasteiger partial charge in [-0.1, -0.05) is 53.8 Å². The molecule has 0 saturated heterocycles. The third kappa shape index (κ3) is 2.74. The van der Waals surface area contributed by atoms with Crippen molar-refractivity contribution in [2.24, 2.45) is 0 Å². The molecular weight excluding hydrogens is 338 g/mol. The standard InChI is InChI=1S/C18H13N3OS2/c1-23-14-9-7-12(8-10-14)11-15-17(22)21-18(24-15)19-16(20-21)13-5-3-2-4-6-13/h2-11H,1H3/b15-11-. The van der Waals surface area contributed by atoms with Crippen molar-refractivity contribution in [2.45, 2.75) is 4.90 Å². The van der Waals surface area contributed by atoms with Crippen LogP contribution in [-0.4, -0.2) is 20.9 Å². The molecule has 0 unspecified atom stereocenters. The lowest BCUT2D eigenvalue weighted by Gasteiger charge is -1.95. The molecule has 0 atom stereocenters. The van der Waals surface area contributed by atoms with Gasteiger partial charge in [0.1, 0.15) is 0 Å². The number of hydrogen-bond acceptors (Lipinski definition) is 5. The van der Waals surface area contributed by atoms with Crippen molar-refractivity contribution >= 4 is 34.1 Å². The van der Waals surface area contributed by atoms with Gasteiger partial charge in [-0.15, -0.1) is 16.9 Å². The van der Waals surface area contributed by atoms with Gasteiger partial charge < -0.3 is 0 Å². The Balaban J connectivity index is 1.78. The molecule has 2 aromatic heterocycles. The number of thioether (sulfide) groups is 1. The summed E-state index contributed by atoms with van der Waals surface area (Å²) in [6.07, 6.45) is 3.93. The predicted octanol–water partition coefficient (Wildman–Crippen LogP) is 3.09. The van der Waals surface area contributed by atoms with Crippen molar-refractivity contribution in [1.82, 2.24) is 14.6 Å². The van der Waals surface area contributed by atoms with E-state index in [2.05, 4.69) is 10.1 Å². The molecule has 0 spiro atoms. The van der Waals surface area contributed by atoms with E-state index >= 15 is 0 Å². The van der Waals surface area contributed by atoms with Gasteiger partial charge in [-0.05, 0) is 30.0 Å². The Hall–Kier alpha value is -2.44. The lowest BCUT2D eigenvalue weighted by atomic mass is 10.2. The second-order valence-corrected chi connectivity index (χ2v) is 7.07. The highest BCUT2D eigenvalue weighted by Crippen LogP contribution is 2.17. The Morgan fingerprint density at radius 2 is 1.83 bits per heavy atom. The van der Waals surface area contributed by atoms with Crippen LogP contribution in [0, 0.1) is 0 Å².